The van der Waals surface area contributed by atoms with Crippen LogP contribution in [0.4, 0.5) is 0 Å². The second kappa shape index (κ2) is 7.84. The number of ether oxygens (including phenoxy) is 3. The molecule has 1 aromatic heterocycles. The third kappa shape index (κ3) is 3.83. The fraction of sp³-hybridized carbons (Fsp3) is 0.227. The highest BCUT2D eigenvalue weighted by atomic mass is 32.1. The van der Waals surface area contributed by atoms with Gasteiger partial charge in [-0.1, -0.05) is 18.2 Å². The molecule has 0 unspecified atom stereocenters. The molecular formula is C22H20O4S. The molecule has 0 saturated carbocycles. The maximum atomic E-state index is 12.4. The average Bonchev–Trinajstić information content (AvgIpc) is 3.16. The average molecular weight is 380 g/mol. The van der Waals surface area contributed by atoms with Crippen LogP contribution in [-0.4, -0.2) is 26.3 Å². The Morgan fingerprint density at radius 3 is 2.59 bits per heavy atom. The minimum atomic E-state index is -0.291. The first-order valence-electron chi connectivity index (χ1n) is 8.89. The van der Waals surface area contributed by atoms with Gasteiger partial charge in [-0.3, -0.25) is 0 Å². The van der Waals surface area contributed by atoms with Gasteiger partial charge in [0.05, 0.1) is 7.11 Å². The van der Waals surface area contributed by atoms with Gasteiger partial charge in [-0.2, -0.15) is 0 Å². The van der Waals surface area contributed by atoms with Crippen LogP contribution < -0.4 is 9.47 Å². The number of esters is 1. The van der Waals surface area contributed by atoms with Gasteiger partial charge in [-0.05, 0) is 65.9 Å². The van der Waals surface area contributed by atoms with Gasteiger partial charge in [0.2, 0.25) is 0 Å². The number of thiophene rings is 1. The van der Waals surface area contributed by atoms with E-state index in [1.807, 2.05) is 42.5 Å². The number of para-hydroxylation sites is 1. The third-order valence-electron chi connectivity index (χ3n) is 4.56. The minimum absolute atomic E-state index is 0.226. The monoisotopic (exact) mass is 380 g/mol. The molecule has 0 spiro atoms. The molecular weight excluding hydrogens is 360 g/mol. The van der Waals surface area contributed by atoms with Crippen LogP contribution in [0.15, 0.2) is 54.6 Å². The molecule has 0 bridgehead atoms. The number of methoxy groups -OCH3 is 1. The summed E-state index contributed by atoms with van der Waals surface area (Å²) in [5, 5.41) is 0. The van der Waals surface area contributed by atoms with E-state index in [9.17, 15) is 4.79 Å². The van der Waals surface area contributed by atoms with Crippen LogP contribution in [0.1, 0.15) is 20.8 Å². The summed E-state index contributed by atoms with van der Waals surface area (Å²) in [7, 11) is 1.68. The highest BCUT2D eigenvalue weighted by Gasteiger charge is 2.22. The number of carbonyl (C=O) groups is 1. The standard InChI is InChI=1S/C22H20O4S/c1-24-18-9-10-19-15(13-18)7-8-16-14-20(27-21(16)19)22(23)26-12-11-25-17-5-3-2-4-6-17/h2-6,9-10,13-14H,7-8,11-12H2,1H3. The Morgan fingerprint density at radius 2 is 1.78 bits per heavy atom. The van der Waals surface area contributed by atoms with Crippen LogP contribution >= 0.6 is 11.3 Å². The fourth-order valence-electron chi connectivity index (χ4n) is 3.22. The van der Waals surface area contributed by atoms with Crippen molar-refractivity contribution in [3.05, 3.63) is 70.6 Å². The van der Waals surface area contributed by atoms with Gasteiger partial charge >= 0.3 is 5.97 Å². The molecule has 0 atom stereocenters. The summed E-state index contributed by atoms with van der Waals surface area (Å²) in [4.78, 5) is 14.2. The molecule has 1 heterocycles. The van der Waals surface area contributed by atoms with Crippen molar-refractivity contribution in [2.75, 3.05) is 20.3 Å². The van der Waals surface area contributed by atoms with Gasteiger partial charge in [-0.15, -0.1) is 11.3 Å². The molecule has 4 nitrogen and oxygen atoms in total. The van der Waals surface area contributed by atoms with Crippen molar-refractivity contribution in [3.63, 3.8) is 0 Å². The van der Waals surface area contributed by atoms with E-state index in [1.165, 1.54) is 28.0 Å². The molecule has 0 N–H and O–H groups in total. The Hall–Kier alpha value is -2.79. The SMILES string of the molecule is COc1ccc2c(c1)CCc1cc(C(=O)OCCOc3ccccc3)sc1-2. The van der Waals surface area contributed by atoms with Gasteiger partial charge in [0.15, 0.2) is 0 Å². The predicted octanol–water partition coefficient (Wildman–Crippen LogP) is 4.76. The van der Waals surface area contributed by atoms with E-state index < -0.39 is 0 Å². The molecule has 5 heteroatoms. The maximum absolute atomic E-state index is 12.4. The molecule has 0 aliphatic heterocycles. The van der Waals surface area contributed by atoms with Gasteiger partial charge in [-0.25, -0.2) is 4.79 Å². The van der Waals surface area contributed by atoms with E-state index in [2.05, 4.69) is 12.1 Å². The zero-order chi connectivity index (χ0) is 18.6. The number of hydrogen-bond acceptors (Lipinski definition) is 5. The quantitative estimate of drug-likeness (QED) is 0.457. The van der Waals surface area contributed by atoms with E-state index in [1.54, 1.807) is 7.11 Å². The number of hydrogen-bond donors (Lipinski definition) is 0. The molecule has 0 radical (unpaired) electrons. The molecule has 4 rings (SSSR count). The third-order valence-corrected chi connectivity index (χ3v) is 5.75. The molecule has 27 heavy (non-hydrogen) atoms. The fourth-order valence-corrected chi connectivity index (χ4v) is 4.38. The second-order valence-electron chi connectivity index (χ2n) is 6.29. The first kappa shape index (κ1) is 17.6. The number of aryl methyl sites for hydroxylation is 2. The normalized spacial score (nSPS) is 12.0. The molecule has 2 aromatic carbocycles. The number of fused-ring (bicyclic) bond motifs is 3. The summed E-state index contributed by atoms with van der Waals surface area (Å²) in [5.74, 6) is 1.35. The zero-order valence-corrected chi connectivity index (χ0v) is 15.9. The van der Waals surface area contributed by atoms with Crippen LogP contribution in [0.25, 0.3) is 10.4 Å². The Labute approximate surface area is 162 Å². The number of carbonyl (C=O) groups excluding carboxylic acids is 1. The van der Waals surface area contributed by atoms with Crippen molar-refractivity contribution in [2.45, 2.75) is 12.8 Å². The lowest BCUT2D eigenvalue weighted by molar-refractivity contribution is 0.0456. The van der Waals surface area contributed by atoms with Crippen molar-refractivity contribution in [1.29, 1.82) is 0 Å². The molecule has 1 aliphatic rings. The number of benzene rings is 2. The van der Waals surface area contributed by atoms with Crippen LogP contribution in [0.3, 0.4) is 0 Å². The summed E-state index contributed by atoms with van der Waals surface area (Å²) in [5.41, 5.74) is 3.67. The van der Waals surface area contributed by atoms with Crippen molar-refractivity contribution in [1.82, 2.24) is 0 Å². The van der Waals surface area contributed by atoms with Crippen molar-refractivity contribution in [2.24, 2.45) is 0 Å². The summed E-state index contributed by atoms with van der Waals surface area (Å²) in [6, 6.07) is 17.6. The topological polar surface area (TPSA) is 44.8 Å². The molecule has 0 fully saturated rings. The van der Waals surface area contributed by atoms with Crippen molar-refractivity contribution < 1.29 is 19.0 Å². The predicted molar refractivity (Wildman–Crippen MR) is 106 cm³/mol. The first-order valence-corrected chi connectivity index (χ1v) is 9.71. The Bertz CT molecular complexity index is 946. The minimum Gasteiger partial charge on any atom is -0.497 e. The maximum Gasteiger partial charge on any atom is 0.348 e. The van der Waals surface area contributed by atoms with Crippen LogP contribution in [0.2, 0.25) is 0 Å². The summed E-state index contributed by atoms with van der Waals surface area (Å²) in [6.45, 7) is 0.563. The largest absolute Gasteiger partial charge is 0.497 e. The Balaban J connectivity index is 1.40. The lowest BCUT2D eigenvalue weighted by Gasteiger charge is -2.16. The smallest absolute Gasteiger partial charge is 0.348 e. The van der Waals surface area contributed by atoms with E-state index in [4.69, 9.17) is 14.2 Å². The van der Waals surface area contributed by atoms with E-state index >= 15 is 0 Å². The lowest BCUT2D eigenvalue weighted by atomic mass is 9.91. The van der Waals surface area contributed by atoms with Crippen molar-refractivity contribution in [3.8, 4) is 21.9 Å². The van der Waals surface area contributed by atoms with Gasteiger partial charge in [0, 0.05) is 4.88 Å². The van der Waals surface area contributed by atoms with Gasteiger partial charge in [0.25, 0.3) is 0 Å². The summed E-state index contributed by atoms with van der Waals surface area (Å²) in [6.07, 6.45) is 1.88. The first-order chi connectivity index (χ1) is 13.2. The lowest BCUT2D eigenvalue weighted by Crippen LogP contribution is -2.11. The Kier molecular flexibility index (Phi) is 5.12. The molecule has 1 aliphatic carbocycles. The second-order valence-corrected chi connectivity index (χ2v) is 7.34. The van der Waals surface area contributed by atoms with Crippen molar-refractivity contribution >= 4 is 17.3 Å². The Morgan fingerprint density at radius 1 is 0.963 bits per heavy atom. The van der Waals surface area contributed by atoms with E-state index in [0.29, 0.717) is 11.5 Å². The summed E-state index contributed by atoms with van der Waals surface area (Å²) < 4.78 is 16.3. The van der Waals surface area contributed by atoms with Crippen LogP contribution in [0.5, 0.6) is 11.5 Å². The van der Waals surface area contributed by atoms with Crippen LogP contribution in [0, 0.1) is 0 Å². The van der Waals surface area contributed by atoms with E-state index in [0.717, 1.165) is 29.2 Å². The van der Waals surface area contributed by atoms with Gasteiger partial charge in [0.1, 0.15) is 29.6 Å². The summed E-state index contributed by atoms with van der Waals surface area (Å²) >= 11 is 1.50. The highest BCUT2D eigenvalue weighted by Crippen LogP contribution is 2.40. The number of rotatable bonds is 6. The molecule has 0 saturated heterocycles. The van der Waals surface area contributed by atoms with E-state index in [-0.39, 0.29) is 12.6 Å². The molecule has 138 valence electrons. The zero-order valence-electron chi connectivity index (χ0n) is 15.1. The van der Waals surface area contributed by atoms with Crippen LogP contribution in [-0.2, 0) is 17.6 Å². The molecule has 0 amide bonds. The van der Waals surface area contributed by atoms with Gasteiger partial charge < -0.3 is 14.2 Å². The molecule has 3 aromatic rings. The highest BCUT2D eigenvalue weighted by molar-refractivity contribution is 7.17.